The molecule has 5 nitrogen and oxygen atoms in total. The summed E-state index contributed by atoms with van der Waals surface area (Å²) in [5.74, 6) is 0.920. The van der Waals surface area contributed by atoms with Crippen LogP contribution in [0.1, 0.15) is 18.5 Å². The third-order valence-corrected chi connectivity index (χ3v) is 4.41. The summed E-state index contributed by atoms with van der Waals surface area (Å²) >= 11 is 6.28. The van der Waals surface area contributed by atoms with Gasteiger partial charge in [0.05, 0.1) is 22.7 Å². The number of aromatic nitrogens is 3. The van der Waals surface area contributed by atoms with Gasteiger partial charge in [-0.1, -0.05) is 23.7 Å². The van der Waals surface area contributed by atoms with Crippen LogP contribution in [-0.4, -0.2) is 21.1 Å². The Hall–Kier alpha value is -2.40. The van der Waals surface area contributed by atoms with Crippen LogP contribution in [0.15, 0.2) is 41.2 Å². The Labute approximate surface area is 143 Å². The molecule has 0 spiro atoms. The van der Waals surface area contributed by atoms with Gasteiger partial charge in [0.25, 0.3) is 0 Å². The van der Waals surface area contributed by atoms with Gasteiger partial charge in [-0.25, -0.2) is 14.3 Å². The first kappa shape index (κ1) is 15.1. The highest BCUT2D eigenvalue weighted by Crippen LogP contribution is 2.31. The summed E-state index contributed by atoms with van der Waals surface area (Å²) in [6.07, 6.45) is 2.35. The van der Waals surface area contributed by atoms with Crippen LogP contribution >= 0.6 is 11.6 Å². The Balaban J connectivity index is 1.95. The average Bonchev–Trinajstić information content (AvgIpc) is 3.38. The zero-order valence-corrected chi connectivity index (χ0v) is 14.0. The van der Waals surface area contributed by atoms with E-state index in [1.165, 1.54) is 17.4 Å². The molecule has 2 aromatic heterocycles. The third-order valence-electron chi connectivity index (χ3n) is 4.09. The van der Waals surface area contributed by atoms with Crippen LogP contribution in [0.25, 0.3) is 16.7 Å². The van der Waals surface area contributed by atoms with Gasteiger partial charge in [-0.3, -0.25) is 0 Å². The van der Waals surface area contributed by atoms with Gasteiger partial charge >= 0.3 is 5.69 Å². The molecule has 1 fully saturated rings. The zero-order chi connectivity index (χ0) is 16.7. The summed E-state index contributed by atoms with van der Waals surface area (Å²) in [5.41, 5.74) is 1.43. The van der Waals surface area contributed by atoms with Gasteiger partial charge in [-0.15, -0.1) is 0 Å². The highest BCUT2D eigenvalue weighted by molar-refractivity contribution is 6.32. The van der Waals surface area contributed by atoms with Crippen molar-refractivity contribution in [2.24, 2.45) is 5.92 Å². The van der Waals surface area contributed by atoms with E-state index in [4.69, 9.17) is 16.3 Å². The molecule has 2 heterocycles. The van der Waals surface area contributed by atoms with Crippen LogP contribution in [0, 0.1) is 12.8 Å². The number of pyridine rings is 1. The van der Waals surface area contributed by atoms with Gasteiger partial charge in [0.1, 0.15) is 0 Å². The van der Waals surface area contributed by atoms with Crippen molar-refractivity contribution >= 4 is 22.6 Å². The second-order valence-corrected chi connectivity index (χ2v) is 6.47. The molecule has 0 bridgehead atoms. The maximum atomic E-state index is 12.7. The highest BCUT2D eigenvalue weighted by Gasteiger charge is 2.23. The molecule has 1 aliphatic rings. The minimum absolute atomic E-state index is 0.345. The van der Waals surface area contributed by atoms with E-state index in [9.17, 15) is 4.79 Å². The van der Waals surface area contributed by atoms with E-state index in [1.807, 2.05) is 31.2 Å². The number of benzene rings is 1. The molecule has 24 heavy (non-hydrogen) atoms. The molecule has 4 rings (SSSR count). The van der Waals surface area contributed by atoms with Crippen molar-refractivity contribution in [2.45, 2.75) is 19.8 Å². The SMILES string of the molecule is Cc1ccc2c(OCC3CC3)nc(=O)n(-c3ccccc3Cl)c2n1. The van der Waals surface area contributed by atoms with Crippen LogP contribution in [0.2, 0.25) is 5.02 Å². The predicted molar refractivity (Wildman–Crippen MR) is 93.1 cm³/mol. The molecule has 0 unspecified atom stereocenters. The number of halogens is 1. The number of nitrogens with zero attached hydrogens (tertiary/aromatic N) is 3. The van der Waals surface area contributed by atoms with Crippen LogP contribution in [0.4, 0.5) is 0 Å². The second kappa shape index (κ2) is 5.91. The molecule has 1 aromatic carbocycles. The average molecular weight is 342 g/mol. The summed E-state index contributed by atoms with van der Waals surface area (Å²) in [5, 5.41) is 1.18. The van der Waals surface area contributed by atoms with Gasteiger partial charge in [0.15, 0.2) is 5.65 Å². The smallest absolute Gasteiger partial charge is 0.357 e. The molecule has 0 aliphatic heterocycles. The third kappa shape index (κ3) is 2.76. The van der Waals surface area contributed by atoms with Crippen molar-refractivity contribution < 1.29 is 4.74 Å². The van der Waals surface area contributed by atoms with E-state index >= 15 is 0 Å². The second-order valence-electron chi connectivity index (χ2n) is 6.06. The summed E-state index contributed by atoms with van der Waals surface area (Å²) < 4.78 is 7.23. The van der Waals surface area contributed by atoms with E-state index in [-0.39, 0.29) is 0 Å². The van der Waals surface area contributed by atoms with Crippen molar-refractivity contribution in [3.05, 3.63) is 57.6 Å². The largest absolute Gasteiger partial charge is 0.477 e. The number of hydrogen-bond donors (Lipinski definition) is 0. The van der Waals surface area contributed by atoms with Gasteiger partial charge in [0.2, 0.25) is 5.88 Å². The molecule has 3 aromatic rings. The van der Waals surface area contributed by atoms with Crippen molar-refractivity contribution in [1.82, 2.24) is 14.5 Å². The van der Waals surface area contributed by atoms with E-state index in [0.29, 0.717) is 40.1 Å². The first-order valence-corrected chi connectivity index (χ1v) is 8.29. The zero-order valence-electron chi connectivity index (χ0n) is 13.2. The van der Waals surface area contributed by atoms with Gasteiger partial charge < -0.3 is 4.74 Å². The quantitative estimate of drug-likeness (QED) is 0.728. The van der Waals surface area contributed by atoms with Crippen molar-refractivity contribution in [2.75, 3.05) is 6.61 Å². The molecule has 6 heteroatoms. The van der Waals surface area contributed by atoms with Gasteiger partial charge in [-0.05, 0) is 49.9 Å². The minimum atomic E-state index is -0.445. The Kier molecular flexibility index (Phi) is 3.73. The fraction of sp³-hybridized carbons (Fsp3) is 0.278. The van der Waals surface area contributed by atoms with E-state index < -0.39 is 5.69 Å². The molecule has 1 aliphatic carbocycles. The maximum Gasteiger partial charge on any atom is 0.357 e. The normalized spacial score (nSPS) is 14.1. The molecule has 0 saturated heterocycles. The monoisotopic (exact) mass is 341 g/mol. The summed E-state index contributed by atoms with van der Waals surface area (Å²) in [7, 11) is 0. The first-order valence-electron chi connectivity index (χ1n) is 7.91. The van der Waals surface area contributed by atoms with Crippen LogP contribution in [0.3, 0.4) is 0 Å². The van der Waals surface area contributed by atoms with Gasteiger partial charge in [-0.2, -0.15) is 4.98 Å². The topological polar surface area (TPSA) is 57.0 Å². The number of para-hydroxylation sites is 1. The summed E-state index contributed by atoms with van der Waals surface area (Å²) in [6, 6.07) is 10.9. The molecule has 1 saturated carbocycles. The Bertz CT molecular complexity index is 980. The Morgan fingerprint density at radius 1 is 1.21 bits per heavy atom. The Morgan fingerprint density at radius 2 is 2.00 bits per heavy atom. The van der Waals surface area contributed by atoms with E-state index in [1.54, 1.807) is 12.1 Å². The molecular formula is C18H16ClN3O2. The molecule has 0 N–H and O–H groups in total. The lowest BCUT2D eigenvalue weighted by atomic mass is 10.2. The van der Waals surface area contributed by atoms with Gasteiger partial charge in [0, 0.05) is 5.69 Å². The summed E-state index contributed by atoms with van der Waals surface area (Å²) in [4.78, 5) is 21.3. The first-order chi connectivity index (χ1) is 11.6. The molecule has 122 valence electrons. The van der Waals surface area contributed by atoms with Crippen LogP contribution in [0.5, 0.6) is 5.88 Å². The lowest BCUT2D eigenvalue weighted by molar-refractivity contribution is 0.290. The number of hydrogen-bond acceptors (Lipinski definition) is 4. The predicted octanol–water partition coefficient (Wildman–Crippen LogP) is 3.53. The number of aryl methyl sites for hydroxylation is 1. The lowest BCUT2D eigenvalue weighted by Gasteiger charge is -2.13. The fourth-order valence-corrected chi connectivity index (χ4v) is 2.83. The molecule has 0 radical (unpaired) electrons. The van der Waals surface area contributed by atoms with E-state index in [0.717, 1.165) is 5.69 Å². The molecule has 0 atom stereocenters. The van der Waals surface area contributed by atoms with Crippen LogP contribution in [-0.2, 0) is 0 Å². The number of ether oxygens (including phenoxy) is 1. The van der Waals surface area contributed by atoms with Crippen LogP contribution < -0.4 is 10.4 Å². The fourth-order valence-electron chi connectivity index (χ4n) is 2.61. The van der Waals surface area contributed by atoms with E-state index in [2.05, 4.69) is 9.97 Å². The molecule has 0 amide bonds. The number of rotatable bonds is 4. The van der Waals surface area contributed by atoms with Crippen molar-refractivity contribution in [3.63, 3.8) is 0 Å². The lowest BCUT2D eigenvalue weighted by Crippen LogP contribution is -2.24. The van der Waals surface area contributed by atoms with Crippen molar-refractivity contribution in [1.29, 1.82) is 0 Å². The molecular weight excluding hydrogens is 326 g/mol. The standard InChI is InChI=1S/C18H16ClN3O2/c1-11-6-9-13-16(20-11)22(15-5-3-2-4-14(15)19)18(23)21-17(13)24-10-12-7-8-12/h2-6,9,12H,7-8,10H2,1H3. The maximum absolute atomic E-state index is 12.7. The number of fused-ring (bicyclic) bond motifs is 1. The Morgan fingerprint density at radius 3 is 2.75 bits per heavy atom. The minimum Gasteiger partial charge on any atom is -0.477 e. The summed E-state index contributed by atoms with van der Waals surface area (Å²) in [6.45, 7) is 2.47. The van der Waals surface area contributed by atoms with Crippen molar-refractivity contribution in [3.8, 4) is 11.6 Å². The highest BCUT2D eigenvalue weighted by atomic mass is 35.5.